The van der Waals surface area contributed by atoms with Crippen LogP contribution >= 0.6 is 0 Å². The van der Waals surface area contributed by atoms with Crippen LogP contribution in [0.15, 0.2) is 36.4 Å². The van der Waals surface area contributed by atoms with Gasteiger partial charge in [-0.3, -0.25) is 0 Å². The Bertz CT molecular complexity index is 536. The van der Waals surface area contributed by atoms with Crippen molar-refractivity contribution in [3.8, 4) is 11.5 Å². The molecule has 0 saturated heterocycles. The molecule has 2 rings (SSSR count). The van der Waals surface area contributed by atoms with E-state index in [4.69, 9.17) is 10.2 Å². The maximum absolute atomic E-state index is 13.7. The monoisotopic (exact) mass is 267 g/mol. The molecule has 2 aromatic rings. The SMILES string of the molecule is CC(c1ccc(O)cc1F)c1ccc(O)cc1F.N. The van der Waals surface area contributed by atoms with Crippen molar-refractivity contribution in [2.24, 2.45) is 0 Å². The maximum atomic E-state index is 13.7. The Morgan fingerprint density at radius 1 is 0.842 bits per heavy atom. The minimum Gasteiger partial charge on any atom is -0.508 e. The molecule has 0 amide bonds. The molecule has 5 N–H and O–H groups in total. The van der Waals surface area contributed by atoms with Gasteiger partial charge in [0, 0.05) is 18.1 Å². The maximum Gasteiger partial charge on any atom is 0.130 e. The zero-order valence-corrected chi connectivity index (χ0v) is 10.4. The summed E-state index contributed by atoms with van der Waals surface area (Å²) in [6.45, 7) is 1.66. The van der Waals surface area contributed by atoms with E-state index in [0.717, 1.165) is 12.1 Å². The number of halogens is 2. The second kappa shape index (κ2) is 5.67. The number of hydrogen-bond acceptors (Lipinski definition) is 3. The molecule has 0 saturated carbocycles. The van der Waals surface area contributed by atoms with E-state index in [2.05, 4.69) is 0 Å². The van der Waals surface area contributed by atoms with Gasteiger partial charge in [0.1, 0.15) is 23.1 Å². The Hall–Kier alpha value is -2.14. The molecule has 5 heteroatoms. The molecular formula is C14H15F2NO2. The van der Waals surface area contributed by atoms with Crippen LogP contribution in [0.1, 0.15) is 24.0 Å². The van der Waals surface area contributed by atoms with Crippen molar-refractivity contribution in [2.75, 3.05) is 0 Å². The third-order valence-electron chi connectivity index (χ3n) is 2.90. The van der Waals surface area contributed by atoms with E-state index in [1.165, 1.54) is 24.3 Å². The number of benzene rings is 2. The quantitative estimate of drug-likeness (QED) is 0.776. The average molecular weight is 267 g/mol. The highest BCUT2D eigenvalue weighted by atomic mass is 19.1. The molecule has 0 fully saturated rings. The van der Waals surface area contributed by atoms with Gasteiger partial charge in [-0.05, 0) is 23.3 Å². The molecule has 0 spiro atoms. The molecule has 0 aliphatic heterocycles. The molecule has 0 heterocycles. The molecule has 0 bridgehead atoms. The molecule has 2 aromatic carbocycles. The fraction of sp³-hybridized carbons (Fsp3) is 0.143. The number of phenols is 2. The fourth-order valence-electron chi connectivity index (χ4n) is 1.90. The fourth-order valence-corrected chi connectivity index (χ4v) is 1.90. The first-order valence-electron chi connectivity index (χ1n) is 5.46. The molecule has 0 aliphatic carbocycles. The van der Waals surface area contributed by atoms with Crippen LogP contribution in [0, 0.1) is 11.6 Å². The van der Waals surface area contributed by atoms with Crippen LogP contribution in [-0.2, 0) is 0 Å². The Morgan fingerprint density at radius 2 is 1.21 bits per heavy atom. The Kier molecular flexibility index (Phi) is 4.45. The molecular weight excluding hydrogens is 252 g/mol. The second-order valence-corrected chi connectivity index (χ2v) is 4.13. The lowest BCUT2D eigenvalue weighted by Crippen LogP contribution is -2.01. The first-order chi connectivity index (χ1) is 8.49. The summed E-state index contributed by atoms with van der Waals surface area (Å²) in [7, 11) is 0. The summed E-state index contributed by atoms with van der Waals surface area (Å²) < 4.78 is 27.3. The number of phenolic OH excluding ortho intramolecular Hbond substituents is 2. The summed E-state index contributed by atoms with van der Waals surface area (Å²) in [5.41, 5.74) is 0.578. The van der Waals surface area contributed by atoms with Crippen LogP contribution in [0.25, 0.3) is 0 Å². The van der Waals surface area contributed by atoms with E-state index in [1.54, 1.807) is 6.92 Å². The van der Waals surface area contributed by atoms with E-state index in [1.807, 2.05) is 0 Å². The summed E-state index contributed by atoms with van der Waals surface area (Å²) in [5.74, 6) is -2.03. The van der Waals surface area contributed by atoms with Gasteiger partial charge in [0.25, 0.3) is 0 Å². The minimum absolute atomic E-state index is 0. The predicted octanol–water partition coefficient (Wildman–Crippen LogP) is 3.69. The lowest BCUT2D eigenvalue weighted by molar-refractivity contribution is 0.466. The van der Waals surface area contributed by atoms with Gasteiger partial charge in [-0.2, -0.15) is 0 Å². The molecule has 0 radical (unpaired) electrons. The van der Waals surface area contributed by atoms with E-state index in [9.17, 15) is 8.78 Å². The lowest BCUT2D eigenvalue weighted by Gasteiger charge is -2.14. The topological polar surface area (TPSA) is 75.5 Å². The number of rotatable bonds is 2. The van der Waals surface area contributed by atoms with Crippen molar-refractivity contribution >= 4 is 0 Å². The standard InChI is InChI=1S/C14H12F2O2.H3N/c1-8(11-4-2-9(17)6-13(11)15)12-5-3-10(18)7-14(12)16;/h2-8,17-18H,1H3;1H3. The smallest absolute Gasteiger partial charge is 0.130 e. The van der Waals surface area contributed by atoms with E-state index >= 15 is 0 Å². The summed E-state index contributed by atoms with van der Waals surface area (Å²) >= 11 is 0. The van der Waals surface area contributed by atoms with Gasteiger partial charge in [0.05, 0.1) is 0 Å². The first-order valence-corrected chi connectivity index (χ1v) is 5.46. The van der Waals surface area contributed by atoms with Crippen molar-refractivity contribution in [3.05, 3.63) is 59.2 Å². The van der Waals surface area contributed by atoms with Crippen molar-refractivity contribution in [2.45, 2.75) is 12.8 Å². The largest absolute Gasteiger partial charge is 0.508 e. The summed E-state index contributed by atoms with van der Waals surface area (Å²) in [5, 5.41) is 18.3. The van der Waals surface area contributed by atoms with Crippen molar-refractivity contribution in [1.29, 1.82) is 0 Å². The van der Waals surface area contributed by atoms with Gasteiger partial charge in [0.2, 0.25) is 0 Å². The normalized spacial score (nSPS) is 10.3. The molecule has 19 heavy (non-hydrogen) atoms. The molecule has 0 aliphatic rings. The Balaban J connectivity index is 0.00000180. The predicted molar refractivity (Wildman–Crippen MR) is 68.7 cm³/mol. The van der Waals surface area contributed by atoms with E-state index in [-0.39, 0.29) is 28.8 Å². The van der Waals surface area contributed by atoms with Gasteiger partial charge < -0.3 is 16.4 Å². The van der Waals surface area contributed by atoms with Gasteiger partial charge in [0.15, 0.2) is 0 Å². The zero-order chi connectivity index (χ0) is 13.3. The van der Waals surface area contributed by atoms with Crippen LogP contribution < -0.4 is 6.15 Å². The molecule has 3 nitrogen and oxygen atoms in total. The summed E-state index contributed by atoms with van der Waals surface area (Å²) in [4.78, 5) is 0. The third-order valence-corrected chi connectivity index (χ3v) is 2.90. The van der Waals surface area contributed by atoms with Crippen LogP contribution in [0.3, 0.4) is 0 Å². The summed E-state index contributed by atoms with van der Waals surface area (Å²) in [6.07, 6.45) is 0. The van der Waals surface area contributed by atoms with E-state index < -0.39 is 17.6 Å². The Morgan fingerprint density at radius 3 is 1.53 bits per heavy atom. The van der Waals surface area contributed by atoms with E-state index in [0.29, 0.717) is 0 Å². The zero-order valence-electron chi connectivity index (χ0n) is 10.4. The van der Waals surface area contributed by atoms with Crippen molar-refractivity contribution < 1.29 is 19.0 Å². The molecule has 0 atom stereocenters. The van der Waals surface area contributed by atoms with Gasteiger partial charge in [-0.1, -0.05) is 19.1 Å². The number of hydrogen-bond donors (Lipinski definition) is 3. The highest BCUT2D eigenvalue weighted by Gasteiger charge is 2.17. The third kappa shape index (κ3) is 3.00. The van der Waals surface area contributed by atoms with Crippen LogP contribution in [0.5, 0.6) is 11.5 Å². The second-order valence-electron chi connectivity index (χ2n) is 4.13. The lowest BCUT2D eigenvalue weighted by atomic mass is 9.92. The average Bonchev–Trinajstić information content (AvgIpc) is 2.28. The molecule has 0 aromatic heterocycles. The highest BCUT2D eigenvalue weighted by Crippen LogP contribution is 2.31. The summed E-state index contributed by atoms with van der Waals surface area (Å²) in [6, 6.07) is 7.53. The van der Waals surface area contributed by atoms with Crippen LogP contribution in [0.2, 0.25) is 0 Å². The Labute approximate surface area is 109 Å². The van der Waals surface area contributed by atoms with Crippen LogP contribution in [-0.4, -0.2) is 10.2 Å². The highest BCUT2D eigenvalue weighted by molar-refractivity contribution is 5.38. The number of aromatic hydroxyl groups is 2. The molecule has 102 valence electrons. The van der Waals surface area contributed by atoms with Gasteiger partial charge in [-0.15, -0.1) is 0 Å². The van der Waals surface area contributed by atoms with Crippen molar-refractivity contribution in [1.82, 2.24) is 6.15 Å². The van der Waals surface area contributed by atoms with Gasteiger partial charge in [-0.25, -0.2) is 8.78 Å². The first kappa shape index (κ1) is 14.9. The minimum atomic E-state index is -0.588. The van der Waals surface area contributed by atoms with Gasteiger partial charge >= 0.3 is 0 Å². The molecule has 0 unspecified atom stereocenters. The van der Waals surface area contributed by atoms with Crippen LogP contribution in [0.4, 0.5) is 8.78 Å². The van der Waals surface area contributed by atoms with Crippen molar-refractivity contribution in [3.63, 3.8) is 0 Å².